The maximum absolute atomic E-state index is 11.1. The van der Waals surface area contributed by atoms with Crippen molar-refractivity contribution in [2.75, 3.05) is 19.8 Å². The van der Waals surface area contributed by atoms with Crippen LogP contribution in [0.1, 0.15) is 40.0 Å². The van der Waals surface area contributed by atoms with Crippen molar-refractivity contribution in [2.24, 2.45) is 0 Å². The van der Waals surface area contributed by atoms with Crippen molar-refractivity contribution in [3.63, 3.8) is 0 Å². The molecule has 0 spiro atoms. The molecule has 1 fully saturated rings. The number of halogens is 1. The van der Waals surface area contributed by atoms with Crippen LogP contribution in [0, 0.1) is 0 Å². The van der Waals surface area contributed by atoms with Crippen molar-refractivity contribution in [1.82, 2.24) is 15.5 Å². The number of hydrogen-bond donors (Lipinski definition) is 2. The van der Waals surface area contributed by atoms with Crippen LogP contribution in [0.5, 0.6) is 5.75 Å². The van der Waals surface area contributed by atoms with Gasteiger partial charge in [-0.25, -0.2) is 0 Å². The maximum Gasteiger partial charge on any atom is 0.182 e. The van der Waals surface area contributed by atoms with Gasteiger partial charge in [0.2, 0.25) is 0 Å². The van der Waals surface area contributed by atoms with E-state index in [0.29, 0.717) is 31.1 Å². The van der Waals surface area contributed by atoms with Gasteiger partial charge < -0.3 is 24.4 Å². The molecule has 6 heterocycles. The topological polar surface area (TPSA) is 89.6 Å². The number of nitrogens with zero attached hydrogens (tertiary/aromatic N) is 2. The maximum atomic E-state index is 11.1. The lowest BCUT2D eigenvalue weighted by Crippen LogP contribution is -2.24. The predicted molar refractivity (Wildman–Crippen MR) is 128 cm³/mol. The highest BCUT2D eigenvalue weighted by Gasteiger charge is 2.37. The van der Waals surface area contributed by atoms with Crippen molar-refractivity contribution in [3.8, 4) is 16.9 Å². The Morgan fingerprint density at radius 3 is 3.06 bits per heavy atom. The van der Waals surface area contributed by atoms with Gasteiger partial charge in [0, 0.05) is 77.3 Å². The van der Waals surface area contributed by atoms with Gasteiger partial charge in [-0.15, -0.1) is 11.3 Å². The SMILES string of the molecule is O[C@]1(c2cc3nccc(-c4cc(Cl)cc5c4O[C@@H](c4onc6c4CNCC6)C5)c3s2)CCOC1. The molecule has 7 rings (SSSR count). The first-order valence-electron chi connectivity index (χ1n) is 11.5. The Bertz CT molecular complexity index is 1430. The second-order valence-electron chi connectivity index (χ2n) is 9.17. The van der Waals surface area contributed by atoms with Crippen LogP contribution in [-0.4, -0.2) is 35.0 Å². The molecule has 34 heavy (non-hydrogen) atoms. The van der Waals surface area contributed by atoms with E-state index in [1.165, 1.54) is 0 Å². The monoisotopic (exact) mass is 495 g/mol. The Morgan fingerprint density at radius 2 is 2.18 bits per heavy atom. The first kappa shape index (κ1) is 20.8. The summed E-state index contributed by atoms with van der Waals surface area (Å²) in [7, 11) is 0. The number of hydrogen-bond acceptors (Lipinski definition) is 8. The zero-order chi connectivity index (χ0) is 22.9. The Hall–Kier alpha value is -2.49. The van der Waals surface area contributed by atoms with E-state index in [2.05, 4.69) is 15.5 Å². The average Bonchev–Trinajstić information content (AvgIpc) is 3.62. The summed E-state index contributed by atoms with van der Waals surface area (Å²) in [6.07, 6.45) is 3.68. The van der Waals surface area contributed by atoms with Gasteiger partial charge in [0.1, 0.15) is 11.4 Å². The highest BCUT2D eigenvalue weighted by Crippen LogP contribution is 2.49. The van der Waals surface area contributed by atoms with E-state index in [-0.39, 0.29) is 6.10 Å². The summed E-state index contributed by atoms with van der Waals surface area (Å²) in [5, 5.41) is 19.4. The number of nitrogens with one attached hydrogen (secondary N) is 1. The highest BCUT2D eigenvalue weighted by atomic mass is 35.5. The predicted octanol–water partition coefficient (Wildman–Crippen LogP) is 4.53. The van der Waals surface area contributed by atoms with Crippen LogP contribution in [0.2, 0.25) is 5.02 Å². The summed E-state index contributed by atoms with van der Waals surface area (Å²) in [4.78, 5) is 5.44. The van der Waals surface area contributed by atoms with E-state index in [4.69, 9.17) is 25.6 Å². The molecule has 3 aromatic heterocycles. The Kier molecular flexibility index (Phi) is 4.76. The molecule has 1 saturated heterocycles. The summed E-state index contributed by atoms with van der Waals surface area (Å²) in [5.41, 5.74) is 4.97. The largest absolute Gasteiger partial charge is 0.481 e. The Morgan fingerprint density at radius 1 is 1.24 bits per heavy atom. The third-order valence-electron chi connectivity index (χ3n) is 6.99. The molecule has 3 aliphatic rings. The van der Waals surface area contributed by atoms with Crippen LogP contribution in [-0.2, 0) is 29.7 Å². The Balaban J connectivity index is 1.32. The number of thiophene rings is 1. The van der Waals surface area contributed by atoms with E-state index in [0.717, 1.165) is 74.1 Å². The van der Waals surface area contributed by atoms with E-state index >= 15 is 0 Å². The van der Waals surface area contributed by atoms with Crippen LogP contribution < -0.4 is 10.1 Å². The fourth-order valence-electron chi connectivity index (χ4n) is 5.21. The fourth-order valence-corrected chi connectivity index (χ4v) is 6.70. The molecule has 7 nitrogen and oxygen atoms in total. The molecule has 1 aromatic carbocycles. The summed E-state index contributed by atoms with van der Waals surface area (Å²) in [6.45, 7) is 2.52. The van der Waals surface area contributed by atoms with Crippen LogP contribution in [0.25, 0.3) is 21.3 Å². The number of aromatic nitrogens is 2. The number of ether oxygens (including phenoxy) is 2. The summed E-state index contributed by atoms with van der Waals surface area (Å²) in [5.74, 6) is 1.61. The van der Waals surface area contributed by atoms with Gasteiger partial charge >= 0.3 is 0 Å². The molecule has 2 N–H and O–H groups in total. The molecule has 4 aromatic rings. The van der Waals surface area contributed by atoms with Crippen LogP contribution >= 0.6 is 22.9 Å². The van der Waals surface area contributed by atoms with Crippen molar-refractivity contribution in [2.45, 2.75) is 37.5 Å². The molecule has 0 bridgehead atoms. The zero-order valence-corrected chi connectivity index (χ0v) is 19.8. The van der Waals surface area contributed by atoms with Crippen molar-refractivity contribution in [3.05, 3.63) is 62.9 Å². The third kappa shape index (κ3) is 3.21. The van der Waals surface area contributed by atoms with E-state index in [1.807, 2.05) is 24.3 Å². The van der Waals surface area contributed by atoms with Crippen LogP contribution in [0.3, 0.4) is 0 Å². The van der Waals surface area contributed by atoms with Gasteiger partial charge in [0.05, 0.1) is 22.5 Å². The number of benzene rings is 1. The second kappa shape index (κ2) is 7.76. The molecular formula is C25H22ClN3O4S. The lowest BCUT2D eigenvalue weighted by Gasteiger charge is -2.17. The second-order valence-corrected chi connectivity index (χ2v) is 10.7. The Labute approximate surface area is 204 Å². The number of aliphatic hydroxyl groups is 1. The van der Waals surface area contributed by atoms with Gasteiger partial charge in [-0.3, -0.25) is 4.98 Å². The first-order valence-corrected chi connectivity index (χ1v) is 12.7. The normalized spacial score (nSPS) is 23.8. The quantitative estimate of drug-likeness (QED) is 0.431. The molecule has 0 aliphatic carbocycles. The number of rotatable bonds is 3. The van der Waals surface area contributed by atoms with Crippen LogP contribution in [0.15, 0.2) is 35.0 Å². The fraction of sp³-hybridized carbons (Fsp3) is 0.360. The van der Waals surface area contributed by atoms with Crippen LogP contribution in [0.4, 0.5) is 0 Å². The standard InChI is InChI=1S/C25H22ClN3O4S/c26-14-7-13-8-20(23-17-11-27-4-2-18(17)29-33-23)32-22(13)16(9-14)15-1-5-28-19-10-21(34-24(15)19)25(30)3-6-31-12-25/h1,5,7,9-10,20,27,30H,2-4,6,8,11-12H2/t20-,25-/m1/s1. The zero-order valence-electron chi connectivity index (χ0n) is 18.3. The minimum absolute atomic E-state index is 0.240. The number of fused-ring (bicyclic) bond motifs is 3. The molecule has 3 aliphatic heterocycles. The van der Waals surface area contributed by atoms with Gasteiger partial charge in [0.15, 0.2) is 11.9 Å². The van der Waals surface area contributed by atoms with Gasteiger partial charge in [-0.1, -0.05) is 16.8 Å². The molecule has 174 valence electrons. The van der Waals surface area contributed by atoms with Gasteiger partial charge in [-0.2, -0.15) is 0 Å². The van der Waals surface area contributed by atoms with Crippen molar-refractivity contribution < 1.29 is 19.1 Å². The molecule has 0 unspecified atom stereocenters. The summed E-state index contributed by atoms with van der Waals surface area (Å²) in [6, 6.07) is 7.88. The van der Waals surface area contributed by atoms with E-state index in [9.17, 15) is 5.11 Å². The third-order valence-corrected chi connectivity index (χ3v) is 8.56. The molecular weight excluding hydrogens is 474 g/mol. The van der Waals surface area contributed by atoms with Gasteiger partial charge in [0.25, 0.3) is 0 Å². The molecule has 9 heteroatoms. The first-order chi connectivity index (χ1) is 16.6. The minimum Gasteiger partial charge on any atom is -0.481 e. The average molecular weight is 496 g/mol. The summed E-state index contributed by atoms with van der Waals surface area (Å²) < 4.78 is 18.7. The lowest BCUT2D eigenvalue weighted by atomic mass is 9.99. The molecule has 2 atom stereocenters. The summed E-state index contributed by atoms with van der Waals surface area (Å²) >= 11 is 8.13. The molecule has 0 saturated carbocycles. The van der Waals surface area contributed by atoms with Crippen molar-refractivity contribution >= 4 is 33.2 Å². The van der Waals surface area contributed by atoms with Gasteiger partial charge in [-0.05, 0) is 24.3 Å². The lowest BCUT2D eigenvalue weighted by molar-refractivity contribution is 0.0264. The highest BCUT2D eigenvalue weighted by molar-refractivity contribution is 7.19. The van der Waals surface area contributed by atoms with Crippen molar-refractivity contribution in [1.29, 1.82) is 0 Å². The smallest absolute Gasteiger partial charge is 0.182 e. The van der Waals surface area contributed by atoms with E-state index < -0.39 is 5.60 Å². The molecule has 0 amide bonds. The van der Waals surface area contributed by atoms with E-state index in [1.54, 1.807) is 17.5 Å². The molecule has 0 radical (unpaired) electrons. The minimum atomic E-state index is -0.958. The number of pyridine rings is 1.